The molecule has 0 spiro atoms. The first kappa shape index (κ1) is 20.1. The standard InChI is InChI=1S/C21H28N4O3/c1-4-16-12-18(23-20(22-16)24(2)3)25-11-10-17(26)21(14-25,19(27)28)13-15-8-6-5-7-9-15/h5-9,12,17,26H,4,10-11,13-14H2,1-3H3,(H,27,28)/t17-,21+/m0/s1. The average molecular weight is 384 g/mol. The topological polar surface area (TPSA) is 89.8 Å². The van der Waals surface area contributed by atoms with Crippen molar-refractivity contribution in [3.05, 3.63) is 47.7 Å². The van der Waals surface area contributed by atoms with Gasteiger partial charge < -0.3 is 20.0 Å². The molecule has 1 aromatic heterocycles. The van der Waals surface area contributed by atoms with Crippen LogP contribution in [0.3, 0.4) is 0 Å². The molecule has 150 valence electrons. The number of carboxylic acids is 1. The van der Waals surface area contributed by atoms with Crippen molar-refractivity contribution in [1.82, 2.24) is 9.97 Å². The fourth-order valence-electron chi connectivity index (χ4n) is 3.71. The summed E-state index contributed by atoms with van der Waals surface area (Å²) in [5.41, 5.74) is 0.524. The van der Waals surface area contributed by atoms with Crippen molar-refractivity contribution in [3.63, 3.8) is 0 Å². The molecule has 0 amide bonds. The number of anilines is 2. The van der Waals surface area contributed by atoms with Crippen LogP contribution in [0.5, 0.6) is 0 Å². The number of hydrogen-bond acceptors (Lipinski definition) is 6. The van der Waals surface area contributed by atoms with E-state index in [0.717, 1.165) is 17.7 Å². The molecule has 1 fully saturated rings. The number of aliphatic carboxylic acids is 1. The minimum absolute atomic E-state index is 0.200. The predicted octanol–water partition coefficient (Wildman–Crippen LogP) is 1.99. The van der Waals surface area contributed by atoms with E-state index >= 15 is 0 Å². The van der Waals surface area contributed by atoms with Crippen LogP contribution in [0.25, 0.3) is 0 Å². The summed E-state index contributed by atoms with van der Waals surface area (Å²) in [5.74, 6) is 0.330. The Morgan fingerprint density at radius 2 is 2.00 bits per heavy atom. The monoisotopic (exact) mass is 384 g/mol. The zero-order valence-corrected chi connectivity index (χ0v) is 16.7. The maximum Gasteiger partial charge on any atom is 0.314 e. The molecule has 3 rings (SSSR count). The quantitative estimate of drug-likeness (QED) is 0.787. The van der Waals surface area contributed by atoms with Crippen molar-refractivity contribution in [2.45, 2.75) is 32.3 Å². The van der Waals surface area contributed by atoms with Gasteiger partial charge in [0.05, 0.1) is 6.10 Å². The average Bonchev–Trinajstić information content (AvgIpc) is 2.69. The Labute approximate surface area is 165 Å². The van der Waals surface area contributed by atoms with Gasteiger partial charge in [0.15, 0.2) is 0 Å². The van der Waals surface area contributed by atoms with Gasteiger partial charge in [-0.15, -0.1) is 0 Å². The number of rotatable bonds is 6. The molecule has 7 heteroatoms. The van der Waals surface area contributed by atoms with E-state index in [2.05, 4.69) is 9.97 Å². The normalized spacial score (nSPS) is 22.1. The number of hydrogen-bond donors (Lipinski definition) is 2. The molecule has 0 unspecified atom stereocenters. The van der Waals surface area contributed by atoms with Gasteiger partial charge in [-0.05, 0) is 24.8 Å². The van der Waals surface area contributed by atoms with Crippen LogP contribution in [0.4, 0.5) is 11.8 Å². The Bertz CT molecular complexity index is 828. The summed E-state index contributed by atoms with van der Waals surface area (Å²) in [7, 11) is 3.77. The van der Waals surface area contributed by atoms with Gasteiger partial charge >= 0.3 is 5.97 Å². The van der Waals surface area contributed by atoms with Gasteiger partial charge in [-0.25, -0.2) is 4.98 Å². The first-order valence-corrected chi connectivity index (χ1v) is 9.61. The highest BCUT2D eigenvalue weighted by Gasteiger charge is 2.49. The largest absolute Gasteiger partial charge is 0.481 e. The van der Waals surface area contributed by atoms with Crippen LogP contribution in [-0.2, 0) is 17.6 Å². The number of carbonyl (C=O) groups is 1. The van der Waals surface area contributed by atoms with Crippen molar-refractivity contribution in [2.24, 2.45) is 5.41 Å². The highest BCUT2D eigenvalue weighted by Crippen LogP contribution is 2.36. The first-order valence-electron chi connectivity index (χ1n) is 9.61. The maximum atomic E-state index is 12.3. The number of benzene rings is 1. The molecule has 2 atom stereocenters. The lowest BCUT2D eigenvalue weighted by Crippen LogP contribution is -2.57. The molecule has 0 aliphatic carbocycles. The Balaban J connectivity index is 1.97. The second kappa shape index (κ2) is 8.14. The van der Waals surface area contributed by atoms with Gasteiger partial charge in [0.1, 0.15) is 11.2 Å². The van der Waals surface area contributed by atoms with Crippen LogP contribution in [-0.4, -0.2) is 59.4 Å². The smallest absolute Gasteiger partial charge is 0.314 e. The molecule has 7 nitrogen and oxygen atoms in total. The minimum atomic E-state index is -1.28. The lowest BCUT2D eigenvalue weighted by atomic mass is 9.73. The Morgan fingerprint density at radius 3 is 2.61 bits per heavy atom. The summed E-state index contributed by atoms with van der Waals surface area (Å²) >= 11 is 0. The lowest BCUT2D eigenvalue weighted by molar-refractivity contribution is -0.157. The molecule has 0 saturated carbocycles. The van der Waals surface area contributed by atoms with E-state index in [9.17, 15) is 15.0 Å². The molecule has 1 saturated heterocycles. The molecule has 1 aliphatic heterocycles. The van der Waals surface area contributed by atoms with Crippen LogP contribution < -0.4 is 9.80 Å². The zero-order valence-electron chi connectivity index (χ0n) is 16.7. The van der Waals surface area contributed by atoms with E-state index in [-0.39, 0.29) is 13.0 Å². The summed E-state index contributed by atoms with van der Waals surface area (Å²) in [6.07, 6.45) is 0.498. The maximum absolute atomic E-state index is 12.3. The SMILES string of the molecule is CCc1cc(N2CC[C@H](O)[C@](Cc3ccccc3)(C(=O)O)C2)nc(N(C)C)n1. The number of aromatic nitrogens is 2. The molecule has 0 bridgehead atoms. The van der Waals surface area contributed by atoms with Gasteiger partial charge in [-0.2, -0.15) is 4.98 Å². The number of piperidine rings is 1. The molecule has 2 N–H and O–H groups in total. The Kier molecular flexibility index (Phi) is 5.84. The molecule has 1 aliphatic rings. The summed E-state index contributed by atoms with van der Waals surface area (Å²) in [6.45, 7) is 2.78. The molecule has 2 aromatic rings. The molecular weight excluding hydrogens is 356 g/mol. The van der Waals surface area contributed by atoms with Crippen LogP contribution in [0.1, 0.15) is 24.6 Å². The summed E-state index contributed by atoms with van der Waals surface area (Å²) < 4.78 is 0. The van der Waals surface area contributed by atoms with Gasteiger partial charge in [0, 0.05) is 38.9 Å². The lowest BCUT2D eigenvalue weighted by Gasteiger charge is -2.44. The van der Waals surface area contributed by atoms with E-state index in [1.807, 2.05) is 67.2 Å². The third-order valence-corrected chi connectivity index (χ3v) is 5.41. The van der Waals surface area contributed by atoms with E-state index in [4.69, 9.17) is 0 Å². The van der Waals surface area contributed by atoms with Crippen molar-refractivity contribution in [1.29, 1.82) is 0 Å². The van der Waals surface area contributed by atoms with Gasteiger partial charge in [0.2, 0.25) is 5.95 Å². The predicted molar refractivity (Wildman–Crippen MR) is 109 cm³/mol. The Morgan fingerprint density at radius 1 is 1.29 bits per heavy atom. The van der Waals surface area contributed by atoms with E-state index in [1.54, 1.807) is 0 Å². The van der Waals surface area contributed by atoms with Crippen molar-refractivity contribution in [2.75, 3.05) is 37.0 Å². The fourth-order valence-corrected chi connectivity index (χ4v) is 3.71. The van der Waals surface area contributed by atoms with Crippen LogP contribution in [0, 0.1) is 5.41 Å². The van der Waals surface area contributed by atoms with Crippen molar-refractivity contribution >= 4 is 17.7 Å². The van der Waals surface area contributed by atoms with Gasteiger partial charge in [-0.3, -0.25) is 4.79 Å². The molecule has 0 radical (unpaired) electrons. The van der Waals surface area contributed by atoms with Crippen molar-refractivity contribution < 1.29 is 15.0 Å². The molecule has 28 heavy (non-hydrogen) atoms. The van der Waals surface area contributed by atoms with Crippen LogP contribution >= 0.6 is 0 Å². The highest BCUT2D eigenvalue weighted by atomic mass is 16.4. The summed E-state index contributed by atoms with van der Waals surface area (Å²) in [4.78, 5) is 25.3. The van der Waals surface area contributed by atoms with Crippen molar-refractivity contribution in [3.8, 4) is 0 Å². The van der Waals surface area contributed by atoms with Crippen LogP contribution in [0.2, 0.25) is 0 Å². The van der Waals surface area contributed by atoms with Gasteiger partial charge in [0.25, 0.3) is 0 Å². The number of carboxylic acid groups (broad SMARTS) is 1. The minimum Gasteiger partial charge on any atom is -0.481 e. The number of aliphatic hydroxyl groups is 1. The number of aliphatic hydroxyl groups excluding tert-OH is 1. The first-order chi connectivity index (χ1) is 13.4. The second-order valence-electron chi connectivity index (χ2n) is 7.62. The number of aryl methyl sites for hydroxylation is 1. The fraction of sp³-hybridized carbons (Fsp3) is 0.476. The summed E-state index contributed by atoms with van der Waals surface area (Å²) in [5, 5.41) is 20.8. The second-order valence-corrected chi connectivity index (χ2v) is 7.62. The van der Waals surface area contributed by atoms with E-state index < -0.39 is 17.5 Å². The van der Waals surface area contributed by atoms with E-state index in [1.165, 1.54) is 0 Å². The third-order valence-electron chi connectivity index (χ3n) is 5.41. The van der Waals surface area contributed by atoms with E-state index in [0.29, 0.717) is 24.7 Å². The molecular formula is C21H28N4O3. The molecule has 2 heterocycles. The molecule has 1 aromatic carbocycles. The third kappa shape index (κ3) is 3.94. The van der Waals surface area contributed by atoms with Crippen LogP contribution in [0.15, 0.2) is 36.4 Å². The number of nitrogens with zero attached hydrogens (tertiary/aromatic N) is 4. The van der Waals surface area contributed by atoms with Gasteiger partial charge in [-0.1, -0.05) is 37.3 Å². The summed E-state index contributed by atoms with van der Waals surface area (Å²) in [6, 6.07) is 11.4. The highest BCUT2D eigenvalue weighted by molar-refractivity contribution is 5.77. The Hall–Kier alpha value is -2.67. The zero-order chi connectivity index (χ0) is 20.3.